The summed E-state index contributed by atoms with van der Waals surface area (Å²) in [6, 6.07) is 7.92. The normalized spacial score (nSPS) is 18.0. The van der Waals surface area contributed by atoms with Gasteiger partial charge in [-0.2, -0.15) is 4.31 Å². The molecule has 1 saturated heterocycles. The molecule has 2 fully saturated rings. The zero-order valence-corrected chi connectivity index (χ0v) is 28.0. The van der Waals surface area contributed by atoms with Crippen molar-refractivity contribution in [2.75, 3.05) is 19.8 Å². The lowest BCUT2D eigenvalue weighted by Crippen LogP contribution is -2.45. The van der Waals surface area contributed by atoms with E-state index >= 15 is 0 Å². The van der Waals surface area contributed by atoms with Gasteiger partial charge in [0.05, 0.1) is 10.5 Å². The molecule has 2 heterocycles. The van der Waals surface area contributed by atoms with E-state index in [-0.39, 0.29) is 11.9 Å². The first kappa shape index (κ1) is 32.7. The van der Waals surface area contributed by atoms with Gasteiger partial charge in [-0.3, -0.25) is 4.79 Å². The van der Waals surface area contributed by atoms with Gasteiger partial charge in [0, 0.05) is 49.3 Å². The molecule has 2 aromatic rings. The van der Waals surface area contributed by atoms with Crippen molar-refractivity contribution in [3.8, 4) is 11.3 Å². The predicted octanol–water partition coefficient (Wildman–Crippen LogP) is 7.06. The van der Waals surface area contributed by atoms with Crippen molar-refractivity contribution >= 4 is 15.9 Å². The Balaban J connectivity index is 1.82. The van der Waals surface area contributed by atoms with Gasteiger partial charge in [-0.1, -0.05) is 53.0 Å². The van der Waals surface area contributed by atoms with Crippen LogP contribution >= 0.6 is 0 Å². The van der Waals surface area contributed by atoms with Gasteiger partial charge in [0.15, 0.2) is 0 Å². The van der Waals surface area contributed by atoms with Crippen LogP contribution in [0.5, 0.6) is 0 Å². The van der Waals surface area contributed by atoms with E-state index in [4.69, 9.17) is 4.74 Å². The molecule has 8 heteroatoms. The second-order valence-electron chi connectivity index (χ2n) is 14.3. The van der Waals surface area contributed by atoms with Crippen LogP contribution in [0.25, 0.3) is 11.3 Å². The summed E-state index contributed by atoms with van der Waals surface area (Å²) < 4.78 is 37.5. The minimum absolute atomic E-state index is 0.0398. The van der Waals surface area contributed by atoms with Crippen molar-refractivity contribution in [2.24, 2.45) is 5.92 Å². The summed E-state index contributed by atoms with van der Waals surface area (Å²) >= 11 is 0. The Bertz CT molecular complexity index is 1350. The van der Waals surface area contributed by atoms with Crippen molar-refractivity contribution < 1.29 is 17.9 Å². The maximum Gasteiger partial charge on any atom is 0.253 e. The third-order valence-corrected chi connectivity index (χ3v) is 11.3. The highest BCUT2D eigenvalue weighted by Crippen LogP contribution is 2.38. The lowest BCUT2D eigenvalue weighted by molar-refractivity contribution is 0.0696. The Kier molecular flexibility index (Phi) is 10.0. The van der Waals surface area contributed by atoms with Gasteiger partial charge in [-0.05, 0) is 94.0 Å². The average molecular weight is 600 g/mol. The molecule has 1 saturated carbocycles. The summed E-state index contributed by atoms with van der Waals surface area (Å²) in [7, 11) is -3.74. The molecule has 0 radical (unpaired) electrons. The van der Waals surface area contributed by atoms with E-state index in [9.17, 15) is 13.2 Å². The van der Waals surface area contributed by atoms with Gasteiger partial charge in [0.2, 0.25) is 10.0 Å². The molecule has 1 aromatic carbocycles. The number of hydrogen-bond donors (Lipinski definition) is 1. The number of ether oxygens (including phenoxy) is 1. The van der Waals surface area contributed by atoms with Crippen molar-refractivity contribution in [3.05, 3.63) is 41.1 Å². The van der Waals surface area contributed by atoms with E-state index in [0.717, 1.165) is 41.9 Å². The summed E-state index contributed by atoms with van der Waals surface area (Å²) in [4.78, 5) is 13.9. The van der Waals surface area contributed by atoms with E-state index in [1.165, 1.54) is 32.1 Å². The minimum Gasteiger partial charge on any atom is -0.381 e. The number of aromatic nitrogens is 1. The number of amides is 1. The van der Waals surface area contributed by atoms with Gasteiger partial charge in [0.25, 0.3) is 5.91 Å². The number of nitrogens with zero attached hydrogens (tertiary/aromatic N) is 2. The van der Waals surface area contributed by atoms with Crippen LogP contribution in [0.15, 0.2) is 29.2 Å². The van der Waals surface area contributed by atoms with Gasteiger partial charge in [0.1, 0.15) is 0 Å². The van der Waals surface area contributed by atoms with Crippen LogP contribution < -0.4 is 5.32 Å². The Labute approximate surface area is 254 Å². The highest BCUT2D eigenvalue weighted by Gasteiger charge is 2.36. The highest BCUT2D eigenvalue weighted by molar-refractivity contribution is 7.89. The molecule has 234 valence electrons. The molecule has 7 nitrogen and oxygen atoms in total. The quantitative estimate of drug-likeness (QED) is 0.352. The predicted molar refractivity (Wildman–Crippen MR) is 171 cm³/mol. The van der Waals surface area contributed by atoms with Crippen LogP contribution in [0.4, 0.5) is 0 Å². The molecule has 0 bridgehead atoms. The summed E-state index contributed by atoms with van der Waals surface area (Å²) in [5.74, 6) is 0.531. The topological polar surface area (TPSA) is 80.6 Å². The van der Waals surface area contributed by atoms with E-state index in [1.54, 1.807) is 10.4 Å². The molecular weight excluding hydrogens is 546 g/mol. The number of rotatable bonds is 8. The highest BCUT2D eigenvalue weighted by atomic mass is 32.2. The van der Waals surface area contributed by atoms with Crippen molar-refractivity contribution in [1.29, 1.82) is 0 Å². The van der Waals surface area contributed by atoms with Crippen molar-refractivity contribution in [1.82, 2.24) is 14.2 Å². The van der Waals surface area contributed by atoms with Crippen LogP contribution in [-0.4, -0.2) is 54.5 Å². The molecular formula is C34H53N3O4S. The molecule has 1 aromatic heterocycles. The summed E-state index contributed by atoms with van der Waals surface area (Å²) in [5.41, 5.74) is 3.44. The number of benzene rings is 1. The Hall–Kier alpha value is -2.16. The molecule has 0 unspecified atom stereocenters. The number of carbonyl (C=O) groups is 1. The number of hydrogen-bond acceptors (Lipinski definition) is 4. The maximum absolute atomic E-state index is 14.1. The molecule has 0 spiro atoms. The summed E-state index contributed by atoms with van der Waals surface area (Å²) in [6.45, 7) is 18.6. The number of sulfonamides is 1. The largest absolute Gasteiger partial charge is 0.381 e. The molecule has 0 atom stereocenters. The van der Waals surface area contributed by atoms with Crippen LogP contribution in [0.3, 0.4) is 0 Å². The van der Waals surface area contributed by atoms with Crippen LogP contribution in [0.1, 0.15) is 115 Å². The third kappa shape index (κ3) is 7.13. The third-order valence-electron chi connectivity index (χ3n) is 9.02. The van der Waals surface area contributed by atoms with Crippen LogP contribution in [0.2, 0.25) is 0 Å². The zero-order valence-electron chi connectivity index (χ0n) is 27.2. The van der Waals surface area contributed by atoms with E-state index in [1.807, 2.05) is 39.8 Å². The first-order valence-corrected chi connectivity index (χ1v) is 17.3. The first-order chi connectivity index (χ1) is 19.6. The molecule has 4 rings (SSSR count). The average Bonchev–Trinajstić information content (AvgIpc) is 3.24. The minimum atomic E-state index is -3.74. The Morgan fingerprint density at radius 3 is 2.21 bits per heavy atom. The smallest absolute Gasteiger partial charge is 0.253 e. The molecule has 1 amide bonds. The van der Waals surface area contributed by atoms with Gasteiger partial charge >= 0.3 is 0 Å². The van der Waals surface area contributed by atoms with Crippen LogP contribution in [0, 0.1) is 12.8 Å². The first-order valence-electron chi connectivity index (χ1n) is 15.9. The maximum atomic E-state index is 14.1. The Morgan fingerprint density at radius 1 is 1.00 bits per heavy atom. The fourth-order valence-corrected chi connectivity index (χ4v) is 8.89. The summed E-state index contributed by atoms with van der Waals surface area (Å²) in [6.07, 6.45) is 7.85. The van der Waals surface area contributed by atoms with Gasteiger partial charge < -0.3 is 14.6 Å². The fourth-order valence-electron chi connectivity index (χ4n) is 6.71. The fraction of sp³-hybridized carbons (Fsp3) is 0.676. The van der Waals surface area contributed by atoms with Crippen molar-refractivity contribution in [3.63, 3.8) is 0 Å². The lowest BCUT2D eigenvalue weighted by Gasteiger charge is -2.35. The van der Waals surface area contributed by atoms with Crippen molar-refractivity contribution in [2.45, 2.75) is 129 Å². The molecule has 1 N–H and O–H groups in total. The lowest BCUT2D eigenvalue weighted by atomic mass is 9.85. The number of carbonyl (C=O) groups excluding carboxylic acids is 1. The van der Waals surface area contributed by atoms with Crippen LogP contribution in [-0.2, 0) is 26.7 Å². The monoisotopic (exact) mass is 599 g/mol. The van der Waals surface area contributed by atoms with E-state index in [0.29, 0.717) is 36.1 Å². The zero-order chi connectivity index (χ0) is 30.9. The molecule has 42 heavy (non-hydrogen) atoms. The number of nitrogens with one attached hydrogen (secondary N) is 1. The Morgan fingerprint density at radius 2 is 1.64 bits per heavy atom. The molecule has 1 aliphatic heterocycles. The van der Waals surface area contributed by atoms with E-state index < -0.39 is 21.0 Å². The molecule has 2 aliphatic rings. The SMILES string of the molecule is CCN(C(C)(C)C)S(=O)(=O)c1ccc(-c2cc(C(=O)NC3CCOCC3)c(C)n2CC2CCCCC2)cc1C(C)(C)C. The summed E-state index contributed by atoms with van der Waals surface area (Å²) in [5, 5.41) is 3.25. The standard InChI is InChI=1S/C34H53N3O4S/c1-9-37(34(6,7)8)42(39,40)31-16-15-26(21-29(31)33(3,4)5)30-22-28(32(38)35-27-17-19-41-20-18-27)24(2)36(30)23-25-13-11-10-12-14-25/h15-16,21-22,25,27H,9-14,17-20,23H2,1-8H3,(H,35,38). The van der Waals surface area contributed by atoms with E-state index in [2.05, 4.69) is 43.6 Å². The second kappa shape index (κ2) is 12.8. The molecule has 1 aliphatic carbocycles. The second-order valence-corrected chi connectivity index (χ2v) is 16.1. The van der Waals surface area contributed by atoms with Gasteiger partial charge in [-0.25, -0.2) is 8.42 Å². The van der Waals surface area contributed by atoms with Gasteiger partial charge in [-0.15, -0.1) is 0 Å².